The van der Waals surface area contributed by atoms with Gasteiger partial charge < -0.3 is 0 Å². The van der Waals surface area contributed by atoms with Crippen LogP contribution in [0.15, 0.2) is 24.3 Å². The van der Waals surface area contributed by atoms with Crippen LogP contribution in [-0.4, -0.2) is 20.2 Å². The van der Waals surface area contributed by atoms with Crippen LogP contribution in [0.25, 0.3) is 0 Å². The highest BCUT2D eigenvalue weighted by atomic mass is 35.5. The van der Waals surface area contributed by atoms with Crippen LogP contribution in [0, 0.1) is 5.82 Å². The molecule has 6 heteroatoms. The van der Waals surface area contributed by atoms with Gasteiger partial charge in [-0.15, -0.1) is 16.7 Å². The van der Waals surface area contributed by atoms with E-state index in [1.807, 2.05) is 0 Å². The Hall–Kier alpha value is -1.49. The molecule has 15 heavy (non-hydrogen) atoms. The molecule has 0 amide bonds. The number of hydrogen-bond acceptors (Lipinski definition) is 3. The molecule has 0 atom stereocenters. The molecule has 1 heterocycles. The van der Waals surface area contributed by atoms with Crippen molar-refractivity contribution in [3.8, 4) is 0 Å². The van der Waals surface area contributed by atoms with Gasteiger partial charge in [-0.1, -0.05) is 18.2 Å². The van der Waals surface area contributed by atoms with Gasteiger partial charge in [0.25, 0.3) is 0 Å². The molecule has 78 valence electrons. The van der Waals surface area contributed by atoms with Crippen LogP contribution in [0.1, 0.15) is 11.4 Å². The number of hydrogen-bond donors (Lipinski definition) is 0. The second kappa shape index (κ2) is 4.35. The normalized spacial score (nSPS) is 10.5. The largest absolute Gasteiger partial charge is 0.224 e. The number of alkyl halides is 1. The zero-order chi connectivity index (χ0) is 10.7. The van der Waals surface area contributed by atoms with Crippen LogP contribution in [0.4, 0.5) is 4.39 Å². The fourth-order valence-corrected chi connectivity index (χ4v) is 1.42. The minimum atomic E-state index is -0.270. The summed E-state index contributed by atoms with van der Waals surface area (Å²) in [6, 6.07) is 6.50. The van der Waals surface area contributed by atoms with Crippen LogP contribution in [0.2, 0.25) is 0 Å². The van der Waals surface area contributed by atoms with Gasteiger partial charge in [-0.25, -0.2) is 9.07 Å². The maximum Gasteiger partial charge on any atom is 0.166 e. The Labute approximate surface area is 90.7 Å². The SMILES string of the molecule is Fc1ccccc1Cn1nnnc1CCl. The molecular weight excluding hydrogens is 219 g/mol. The van der Waals surface area contributed by atoms with E-state index < -0.39 is 0 Å². The first-order valence-corrected chi connectivity index (χ1v) is 4.89. The third-order valence-electron chi connectivity index (χ3n) is 2.00. The Balaban J connectivity index is 2.26. The summed E-state index contributed by atoms with van der Waals surface area (Å²) < 4.78 is 14.8. The average Bonchev–Trinajstić information content (AvgIpc) is 2.69. The Morgan fingerprint density at radius 1 is 1.33 bits per heavy atom. The van der Waals surface area contributed by atoms with Crippen LogP contribution in [-0.2, 0) is 12.4 Å². The second-order valence-electron chi connectivity index (χ2n) is 2.98. The lowest BCUT2D eigenvalue weighted by Gasteiger charge is -2.03. The fourth-order valence-electron chi connectivity index (χ4n) is 1.23. The van der Waals surface area contributed by atoms with Crippen LogP contribution >= 0.6 is 11.6 Å². The average molecular weight is 227 g/mol. The summed E-state index contributed by atoms with van der Waals surface area (Å²) in [5, 5.41) is 10.9. The zero-order valence-corrected chi connectivity index (χ0v) is 8.52. The highest BCUT2D eigenvalue weighted by Crippen LogP contribution is 2.09. The first kappa shape index (κ1) is 10.0. The lowest BCUT2D eigenvalue weighted by atomic mass is 10.2. The molecule has 2 aromatic rings. The van der Waals surface area contributed by atoms with E-state index in [0.29, 0.717) is 17.9 Å². The summed E-state index contributed by atoms with van der Waals surface area (Å²) in [6.07, 6.45) is 0. The molecule has 0 aliphatic rings. The molecule has 0 bridgehead atoms. The number of aromatic nitrogens is 4. The molecule has 0 saturated carbocycles. The van der Waals surface area contributed by atoms with E-state index in [2.05, 4.69) is 15.5 Å². The maximum absolute atomic E-state index is 13.3. The third-order valence-corrected chi connectivity index (χ3v) is 2.24. The number of halogens is 2. The second-order valence-corrected chi connectivity index (χ2v) is 3.25. The summed E-state index contributed by atoms with van der Waals surface area (Å²) in [5.41, 5.74) is 0.538. The van der Waals surface area contributed by atoms with Crippen molar-refractivity contribution in [1.82, 2.24) is 20.2 Å². The third kappa shape index (κ3) is 2.12. The van der Waals surface area contributed by atoms with E-state index in [9.17, 15) is 4.39 Å². The lowest BCUT2D eigenvalue weighted by Crippen LogP contribution is -2.07. The van der Waals surface area contributed by atoms with Gasteiger partial charge >= 0.3 is 0 Å². The van der Waals surface area contributed by atoms with Gasteiger partial charge in [0.05, 0.1) is 12.4 Å². The van der Waals surface area contributed by atoms with Crippen molar-refractivity contribution in [3.05, 3.63) is 41.5 Å². The summed E-state index contributed by atoms with van der Waals surface area (Å²) in [4.78, 5) is 0. The molecular formula is C9H8ClFN4. The number of tetrazole rings is 1. The van der Waals surface area contributed by atoms with Crippen molar-refractivity contribution >= 4 is 11.6 Å². The van der Waals surface area contributed by atoms with E-state index in [-0.39, 0.29) is 11.7 Å². The Morgan fingerprint density at radius 3 is 2.87 bits per heavy atom. The molecule has 0 spiro atoms. The zero-order valence-electron chi connectivity index (χ0n) is 7.77. The minimum Gasteiger partial charge on any atom is -0.224 e. The van der Waals surface area contributed by atoms with E-state index in [4.69, 9.17) is 11.6 Å². The smallest absolute Gasteiger partial charge is 0.166 e. The molecule has 0 aliphatic carbocycles. The van der Waals surface area contributed by atoms with Crippen molar-refractivity contribution in [1.29, 1.82) is 0 Å². The van der Waals surface area contributed by atoms with Gasteiger partial charge in [0, 0.05) is 5.56 Å². The van der Waals surface area contributed by atoms with E-state index in [0.717, 1.165) is 0 Å². The molecule has 0 unspecified atom stereocenters. The summed E-state index contributed by atoms with van der Waals surface area (Å²) in [6.45, 7) is 0.293. The van der Waals surface area contributed by atoms with Gasteiger partial charge in [-0.2, -0.15) is 0 Å². The van der Waals surface area contributed by atoms with Crippen LogP contribution < -0.4 is 0 Å². The Kier molecular flexibility index (Phi) is 2.91. The Morgan fingerprint density at radius 2 is 2.13 bits per heavy atom. The van der Waals surface area contributed by atoms with Gasteiger partial charge in [0.15, 0.2) is 5.82 Å². The van der Waals surface area contributed by atoms with Crippen molar-refractivity contribution in [3.63, 3.8) is 0 Å². The number of benzene rings is 1. The molecule has 2 rings (SSSR count). The minimum absolute atomic E-state index is 0.210. The first-order valence-electron chi connectivity index (χ1n) is 4.35. The number of nitrogens with zero attached hydrogens (tertiary/aromatic N) is 4. The fraction of sp³-hybridized carbons (Fsp3) is 0.222. The molecule has 0 aliphatic heterocycles. The molecule has 1 aromatic carbocycles. The topological polar surface area (TPSA) is 43.6 Å². The summed E-state index contributed by atoms with van der Waals surface area (Å²) >= 11 is 5.62. The Bertz CT molecular complexity index is 457. The summed E-state index contributed by atoms with van der Waals surface area (Å²) in [7, 11) is 0. The van der Waals surface area contributed by atoms with Crippen molar-refractivity contribution in [2.45, 2.75) is 12.4 Å². The molecule has 0 N–H and O–H groups in total. The van der Waals surface area contributed by atoms with Crippen LogP contribution in [0.5, 0.6) is 0 Å². The van der Waals surface area contributed by atoms with Crippen molar-refractivity contribution in [2.75, 3.05) is 0 Å². The standard InChI is InChI=1S/C9H8ClFN4/c10-5-9-12-13-14-15(9)6-7-3-1-2-4-8(7)11/h1-4H,5-6H2. The predicted octanol–water partition coefficient (Wildman–Crippen LogP) is 1.60. The quantitative estimate of drug-likeness (QED) is 0.747. The number of rotatable bonds is 3. The van der Waals surface area contributed by atoms with Crippen molar-refractivity contribution < 1.29 is 4.39 Å². The van der Waals surface area contributed by atoms with Gasteiger partial charge in [-0.3, -0.25) is 0 Å². The molecule has 4 nitrogen and oxygen atoms in total. The van der Waals surface area contributed by atoms with Gasteiger partial charge in [0.1, 0.15) is 5.82 Å². The highest BCUT2D eigenvalue weighted by Gasteiger charge is 2.07. The lowest BCUT2D eigenvalue weighted by molar-refractivity contribution is 0.570. The summed E-state index contributed by atoms with van der Waals surface area (Å²) in [5.74, 6) is 0.468. The van der Waals surface area contributed by atoms with E-state index in [1.54, 1.807) is 18.2 Å². The maximum atomic E-state index is 13.3. The predicted molar refractivity (Wildman–Crippen MR) is 52.9 cm³/mol. The van der Waals surface area contributed by atoms with Crippen LogP contribution in [0.3, 0.4) is 0 Å². The molecule has 1 aromatic heterocycles. The van der Waals surface area contributed by atoms with Gasteiger partial charge in [-0.05, 0) is 16.5 Å². The molecule has 0 saturated heterocycles. The molecule has 0 fully saturated rings. The van der Waals surface area contributed by atoms with E-state index >= 15 is 0 Å². The monoisotopic (exact) mass is 226 g/mol. The van der Waals surface area contributed by atoms with Gasteiger partial charge in [0.2, 0.25) is 0 Å². The van der Waals surface area contributed by atoms with Crippen molar-refractivity contribution in [2.24, 2.45) is 0 Å². The highest BCUT2D eigenvalue weighted by molar-refractivity contribution is 6.16. The van der Waals surface area contributed by atoms with E-state index in [1.165, 1.54) is 10.7 Å². The molecule has 0 radical (unpaired) electrons. The first-order chi connectivity index (χ1) is 7.31.